The van der Waals surface area contributed by atoms with Crippen molar-refractivity contribution in [3.8, 4) is 0 Å². The van der Waals surface area contributed by atoms with Gasteiger partial charge in [0.25, 0.3) is 0 Å². The standard InChI is InChI=1S/C13H13ClO4/c1-2-18-13(17)12-5-9(8-15)3-4-10(12)6-11(16)7-14/h3-5,8H,2,6-7H2,1H3. The van der Waals surface area contributed by atoms with Crippen molar-refractivity contribution in [1.82, 2.24) is 0 Å². The molecule has 0 amide bonds. The summed E-state index contributed by atoms with van der Waals surface area (Å²) in [5, 5.41) is 0. The first kappa shape index (κ1) is 14.4. The molecule has 0 aliphatic heterocycles. The van der Waals surface area contributed by atoms with Gasteiger partial charge in [0, 0.05) is 12.0 Å². The van der Waals surface area contributed by atoms with Crippen LogP contribution in [-0.2, 0) is 16.0 Å². The fourth-order valence-electron chi connectivity index (χ4n) is 1.48. The lowest BCUT2D eigenvalue weighted by atomic mass is 10.0. The molecule has 0 aromatic heterocycles. The smallest absolute Gasteiger partial charge is 0.338 e. The maximum atomic E-state index is 11.7. The number of rotatable bonds is 6. The second-order valence-corrected chi connectivity index (χ2v) is 3.87. The Morgan fingerprint density at radius 3 is 2.67 bits per heavy atom. The lowest BCUT2D eigenvalue weighted by molar-refractivity contribution is -0.116. The van der Waals surface area contributed by atoms with Gasteiger partial charge in [0.15, 0.2) is 5.78 Å². The molecule has 1 aromatic rings. The molecule has 0 saturated heterocycles. The van der Waals surface area contributed by atoms with Crippen LogP contribution < -0.4 is 0 Å². The van der Waals surface area contributed by atoms with Gasteiger partial charge in [-0.1, -0.05) is 12.1 Å². The molecule has 1 rings (SSSR count). The summed E-state index contributed by atoms with van der Waals surface area (Å²) in [7, 11) is 0. The molecule has 0 heterocycles. The van der Waals surface area contributed by atoms with Gasteiger partial charge in [-0.15, -0.1) is 11.6 Å². The number of esters is 1. The fourth-order valence-corrected chi connectivity index (χ4v) is 1.57. The van der Waals surface area contributed by atoms with E-state index in [2.05, 4.69) is 0 Å². The average molecular weight is 269 g/mol. The number of ketones is 1. The summed E-state index contributed by atoms with van der Waals surface area (Å²) in [6.07, 6.45) is 0.687. The van der Waals surface area contributed by atoms with Crippen molar-refractivity contribution in [3.05, 3.63) is 34.9 Å². The summed E-state index contributed by atoms with van der Waals surface area (Å²) in [4.78, 5) is 33.7. The van der Waals surface area contributed by atoms with Crippen LogP contribution in [0.1, 0.15) is 33.2 Å². The SMILES string of the molecule is CCOC(=O)c1cc(C=O)ccc1CC(=O)CCl. The number of hydrogen-bond donors (Lipinski definition) is 0. The van der Waals surface area contributed by atoms with Gasteiger partial charge in [-0.25, -0.2) is 4.79 Å². The molecule has 0 spiro atoms. The minimum absolute atomic E-state index is 0.0524. The predicted molar refractivity (Wildman–Crippen MR) is 67.2 cm³/mol. The molecule has 0 radical (unpaired) electrons. The summed E-state index contributed by atoms with van der Waals surface area (Å²) in [5.41, 5.74) is 1.12. The molecular weight excluding hydrogens is 256 g/mol. The van der Waals surface area contributed by atoms with Crippen LogP contribution in [0.15, 0.2) is 18.2 Å². The van der Waals surface area contributed by atoms with Gasteiger partial charge >= 0.3 is 5.97 Å². The Kier molecular flexibility index (Phi) is 5.52. The Labute approximate surface area is 110 Å². The summed E-state index contributed by atoms with van der Waals surface area (Å²) in [5.74, 6) is -0.850. The first-order valence-electron chi connectivity index (χ1n) is 5.45. The number of ether oxygens (including phenoxy) is 1. The van der Waals surface area contributed by atoms with Crippen LogP contribution in [0, 0.1) is 0 Å². The number of benzene rings is 1. The van der Waals surface area contributed by atoms with Gasteiger partial charge < -0.3 is 4.74 Å². The van der Waals surface area contributed by atoms with Gasteiger partial charge in [0.05, 0.1) is 18.1 Å². The highest BCUT2D eigenvalue weighted by molar-refractivity contribution is 6.27. The molecule has 96 valence electrons. The van der Waals surface area contributed by atoms with Gasteiger partial charge in [0.1, 0.15) is 6.29 Å². The summed E-state index contributed by atoms with van der Waals surface area (Å²) in [6, 6.07) is 4.54. The largest absolute Gasteiger partial charge is 0.462 e. The van der Waals surface area contributed by atoms with Gasteiger partial charge in [-0.3, -0.25) is 9.59 Å². The van der Waals surface area contributed by atoms with Crippen LogP contribution in [0.4, 0.5) is 0 Å². The lowest BCUT2D eigenvalue weighted by Crippen LogP contribution is -2.12. The van der Waals surface area contributed by atoms with E-state index in [0.29, 0.717) is 17.4 Å². The van der Waals surface area contributed by atoms with Gasteiger partial charge in [-0.05, 0) is 18.6 Å². The molecule has 0 aliphatic carbocycles. The van der Waals surface area contributed by atoms with E-state index in [4.69, 9.17) is 16.3 Å². The number of carbonyl (C=O) groups is 3. The molecule has 0 unspecified atom stereocenters. The van der Waals surface area contributed by atoms with Crippen LogP contribution in [0.2, 0.25) is 0 Å². The molecular formula is C13H13ClO4. The molecule has 1 aromatic carbocycles. The summed E-state index contributed by atoms with van der Waals surface area (Å²) >= 11 is 5.43. The molecule has 0 atom stereocenters. The molecule has 5 heteroatoms. The van der Waals surface area contributed by atoms with Crippen LogP contribution in [0.3, 0.4) is 0 Å². The van der Waals surface area contributed by atoms with Crippen molar-refractivity contribution in [1.29, 1.82) is 0 Å². The third-order valence-corrected chi connectivity index (χ3v) is 2.60. The van der Waals surface area contributed by atoms with Gasteiger partial charge in [-0.2, -0.15) is 0 Å². The number of alkyl halides is 1. The minimum Gasteiger partial charge on any atom is -0.462 e. The third-order valence-electron chi connectivity index (χ3n) is 2.30. The highest BCUT2D eigenvalue weighted by Crippen LogP contribution is 2.14. The predicted octanol–water partition coefficient (Wildman–Crippen LogP) is 2.03. The van der Waals surface area contributed by atoms with Crippen molar-refractivity contribution in [3.63, 3.8) is 0 Å². The van der Waals surface area contributed by atoms with E-state index in [-0.39, 0.29) is 30.3 Å². The van der Waals surface area contributed by atoms with E-state index in [0.717, 1.165) is 0 Å². The van der Waals surface area contributed by atoms with Crippen LogP contribution in [0.25, 0.3) is 0 Å². The Balaban J connectivity index is 3.11. The van der Waals surface area contributed by atoms with Crippen molar-refractivity contribution < 1.29 is 19.1 Å². The number of hydrogen-bond acceptors (Lipinski definition) is 4. The Hall–Kier alpha value is -1.68. The minimum atomic E-state index is -0.543. The lowest BCUT2D eigenvalue weighted by Gasteiger charge is -2.08. The van der Waals surface area contributed by atoms with E-state index in [1.54, 1.807) is 19.1 Å². The molecule has 0 N–H and O–H groups in total. The van der Waals surface area contributed by atoms with E-state index < -0.39 is 5.97 Å². The van der Waals surface area contributed by atoms with E-state index in [9.17, 15) is 14.4 Å². The number of Topliss-reactive ketones (excluding diaryl/α,β-unsaturated/α-hetero) is 1. The zero-order chi connectivity index (χ0) is 13.5. The van der Waals surface area contributed by atoms with E-state index >= 15 is 0 Å². The van der Waals surface area contributed by atoms with Crippen LogP contribution >= 0.6 is 11.6 Å². The number of aldehydes is 1. The first-order chi connectivity index (χ1) is 8.62. The van der Waals surface area contributed by atoms with Crippen molar-refractivity contribution in [2.45, 2.75) is 13.3 Å². The number of halogens is 1. The summed E-state index contributed by atoms with van der Waals surface area (Å²) < 4.78 is 4.88. The maximum absolute atomic E-state index is 11.7. The van der Waals surface area contributed by atoms with Crippen molar-refractivity contribution in [2.24, 2.45) is 0 Å². The second kappa shape index (κ2) is 6.91. The third kappa shape index (κ3) is 3.67. The molecule has 4 nitrogen and oxygen atoms in total. The summed E-state index contributed by atoms with van der Waals surface area (Å²) in [6.45, 7) is 1.91. The van der Waals surface area contributed by atoms with Gasteiger partial charge in [0.2, 0.25) is 0 Å². The van der Waals surface area contributed by atoms with Crippen LogP contribution in [0.5, 0.6) is 0 Å². The molecule has 0 aliphatic rings. The van der Waals surface area contributed by atoms with E-state index in [1.807, 2.05) is 0 Å². The molecule has 0 saturated carbocycles. The Morgan fingerprint density at radius 2 is 2.11 bits per heavy atom. The molecule has 0 fully saturated rings. The van der Waals surface area contributed by atoms with E-state index in [1.165, 1.54) is 6.07 Å². The zero-order valence-electron chi connectivity index (χ0n) is 9.94. The fraction of sp³-hybridized carbons (Fsp3) is 0.308. The monoisotopic (exact) mass is 268 g/mol. The quantitative estimate of drug-likeness (QED) is 0.450. The highest BCUT2D eigenvalue weighted by Gasteiger charge is 2.15. The first-order valence-corrected chi connectivity index (χ1v) is 5.98. The van der Waals surface area contributed by atoms with Crippen LogP contribution in [-0.4, -0.2) is 30.5 Å². The Bertz CT molecular complexity index is 468. The van der Waals surface area contributed by atoms with Crippen molar-refractivity contribution >= 4 is 29.6 Å². The second-order valence-electron chi connectivity index (χ2n) is 3.60. The number of carbonyl (C=O) groups excluding carboxylic acids is 3. The van der Waals surface area contributed by atoms with Crippen molar-refractivity contribution in [2.75, 3.05) is 12.5 Å². The normalized spacial score (nSPS) is 9.89. The molecule has 0 bridgehead atoms. The highest BCUT2D eigenvalue weighted by atomic mass is 35.5. The Morgan fingerprint density at radius 1 is 1.39 bits per heavy atom. The topological polar surface area (TPSA) is 60.4 Å². The average Bonchev–Trinajstić information content (AvgIpc) is 2.39. The zero-order valence-corrected chi connectivity index (χ0v) is 10.7. The maximum Gasteiger partial charge on any atom is 0.338 e. The molecule has 18 heavy (non-hydrogen) atoms.